The fraction of sp³-hybridized carbons (Fsp3) is 0.571. The Morgan fingerprint density at radius 2 is 1.94 bits per heavy atom. The summed E-state index contributed by atoms with van der Waals surface area (Å²) in [6.45, 7) is 8.87. The molecule has 0 unspecified atom stereocenters. The topological polar surface area (TPSA) is 53.7 Å². The summed E-state index contributed by atoms with van der Waals surface area (Å²) in [6.07, 6.45) is -0.0173. The van der Waals surface area contributed by atoms with Crippen molar-refractivity contribution in [2.75, 3.05) is 18.9 Å². The molecular weight excluding hydrogens is 230 g/mol. The summed E-state index contributed by atoms with van der Waals surface area (Å²) in [5.41, 5.74) is 8.64. The number of hydrogen-bond acceptors (Lipinski definition) is 4. The van der Waals surface area contributed by atoms with Crippen molar-refractivity contribution >= 4 is 5.69 Å². The fourth-order valence-electron chi connectivity index (χ4n) is 2.23. The van der Waals surface area contributed by atoms with Crippen LogP contribution in [0.25, 0.3) is 0 Å². The molecule has 1 aromatic rings. The smallest absolute Gasteiger partial charge is 0.163 e. The number of hydrogen-bond donors (Lipinski definition) is 1. The summed E-state index contributed by atoms with van der Waals surface area (Å²) in [7, 11) is 0. The number of rotatable bonds is 3. The first-order valence-corrected chi connectivity index (χ1v) is 6.19. The summed E-state index contributed by atoms with van der Waals surface area (Å²) in [4.78, 5) is 0. The van der Waals surface area contributed by atoms with Gasteiger partial charge in [-0.05, 0) is 51.0 Å². The molecule has 1 heterocycles. The molecule has 0 spiro atoms. The van der Waals surface area contributed by atoms with Gasteiger partial charge in [0.1, 0.15) is 18.5 Å². The van der Waals surface area contributed by atoms with E-state index in [0.29, 0.717) is 13.2 Å². The van der Waals surface area contributed by atoms with Gasteiger partial charge in [0.2, 0.25) is 0 Å². The van der Waals surface area contributed by atoms with Crippen LogP contribution in [0.2, 0.25) is 0 Å². The maximum atomic E-state index is 5.84. The zero-order valence-electron chi connectivity index (χ0n) is 11.4. The number of nitrogens with two attached hydrogens (primary N) is 1. The Balaban J connectivity index is 1.99. The SMILES string of the molecule is Cc1cc(N)cc(C)c1OC[C@@H]1COC(C)(C)O1. The first-order valence-electron chi connectivity index (χ1n) is 6.19. The van der Waals surface area contributed by atoms with Crippen LogP contribution in [0.1, 0.15) is 25.0 Å². The van der Waals surface area contributed by atoms with E-state index in [1.165, 1.54) is 0 Å². The number of nitrogen functional groups attached to an aromatic ring is 1. The van der Waals surface area contributed by atoms with E-state index in [1.54, 1.807) is 0 Å². The molecule has 1 fully saturated rings. The van der Waals surface area contributed by atoms with Gasteiger partial charge in [-0.15, -0.1) is 0 Å². The third kappa shape index (κ3) is 2.94. The van der Waals surface area contributed by atoms with Gasteiger partial charge in [-0.2, -0.15) is 0 Å². The Labute approximate surface area is 108 Å². The molecule has 2 N–H and O–H groups in total. The van der Waals surface area contributed by atoms with Crippen molar-refractivity contribution in [2.24, 2.45) is 0 Å². The van der Waals surface area contributed by atoms with E-state index in [1.807, 2.05) is 39.8 Å². The Kier molecular flexibility index (Phi) is 3.50. The van der Waals surface area contributed by atoms with Crippen molar-refractivity contribution in [3.63, 3.8) is 0 Å². The van der Waals surface area contributed by atoms with E-state index in [9.17, 15) is 0 Å². The van der Waals surface area contributed by atoms with Crippen LogP contribution >= 0.6 is 0 Å². The summed E-state index contributed by atoms with van der Waals surface area (Å²) in [5, 5.41) is 0. The van der Waals surface area contributed by atoms with Crippen LogP contribution in [0.15, 0.2) is 12.1 Å². The Hall–Kier alpha value is -1.26. The highest BCUT2D eigenvalue weighted by Crippen LogP contribution is 2.28. The lowest BCUT2D eigenvalue weighted by atomic mass is 10.1. The second-order valence-corrected chi connectivity index (χ2v) is 5.25. The molecule has 18 heavy (non-hydrogen) atoms. The van der Waals surface area contributed by atoms with Crippen LogP contribution in [0, 0.1) is 13.8 Å². The lowest BCUT2D eigenvalue weighted by molar-refractivity contribution is -0.141. The van der Waals surface area contributed by atoms with Crippen LogP contribution in [0.5, 0.6) is 5.75 Å². The molecule has 4 heteroatoms. The van der Waals surface area contributed by atoms with Gasteiger partial charge in [0.05, 0.1) is 6.61 Å². The van der Waals surface area contributed by atoms with Gasteiger partial charge in [0.15, 0.2) is 5.79 Å². The quantitative estimate of drug-likeness (QED) is 0.838. The Bertz CT molecular complexity index is 420. The molecule has 0 radical (unpaired) electrons. The average Bonchev–Trinajstić information content (AvgIpc) is 2.56. The molecule has 1 saturated heterocycles. The van der Waals surface area contributed by atoms with Crippen molar-refractivity contribution in [3.05, 3.63) is 23.3 Å². The minimum absolute atomic E-state index is 0.0173. The van der Waals surface area contributed by atoms with Gasteiger partial charge >= 0.3 is 0 Å². The molecule has 1 atom stereocenters. The monoisotopic (exact) mass is 251 g/mol. The predicted octanol–water partition coefficient (Wildman–Crippen LogP) is 2.42. The normalized spacial score (nSPS) is 22.1. The standard InChI is InChI=1S/C14H21NO3/c1-9-5-11(15)6-10(2)13(9)16-7-12-8-17-14(3,4)18-12/h5-6,12H,7-8,15H2,1-4H3/t12-/m1/s1. The van der Waals surface area contributed by atoms with Crippen molar-refractivity contribution in [2.45, 2.75) is 39.6 Å². The lowest BCUT2D eigenvalue weighted by Gasteiger charge is -2.18. The van der Waals surface area contributed by atoms with Crippen molar-refractivity contribution in [1.82, 2.24) is 0 Å². The Morgan fingerprint density at radius 3 is 2.44 bits per heavy atom. The van der Waals surface area contributed by atoms with Crippen molar-refractivity contribution in [1.29, 1.82) is 0 Å². The number of aryl methyl sites for hydroxylation is 2. The van der Waals surface area contributed by atoms with E-state index < -0.39 is 5.79 Å². The summed E-state index contributed by atoms with van der Waals surface area (Å²) >= 11 is 0. The number of anilines is 1. The molecule has 1 aliphatic rings. The Morgan fingerprint density at radius 1 is 1.33 bits per heavy atom. The maximum absolute atomic E-state index is 5.84. The largest absolute Gasteiger partial charge is 0.490 e. The van der Waals surface area contributed by atoms with Crippen LogP contribution in [-0.4, -0.2) is 25.1 Å². The van der Waals surface area contributed by atoms with Gasteiger partial charge in [-0.1, -0.05) is 0 Å². The minimum Gasteiger partial charge on any atom is -0.490 e. The van der Waals surface area contributed by atoms with E-state index in [4.69, 9.17) is 19.9 Å². The zero-order chi connectivity index (χ0) is 13.3. The third-order valence-corrected chi connectivity index (χ3v) is 2.96. The van der Waals surface area contributed by atoms with Gasteiger partial charge in [-0.25, -0.2) is 0 Å². The molecule has 2 rings (SSSR count). The molecule has 100 valence electrons. The van der Waals surface area contributed by atoms with Crippen molar-refractivity contribution in [3.8, 4) is 5.75 Å². The van der Waals surface area contributed by atoms with Gasteiger partial charge in [-0.3, -0.25) is 0 Å². The zero-order valence-corrected chi connectivity index (χ0v) is 11.4. The summed E-state index contributed by atoms with van der Waals surface area (Å²) in [5.74, 6) is 0.386. The molecule has 1 aromatic carbocycles. The third-order valence-electron chi connectivity index (χ3n) is 2.96. The highest BCUT2D eigenvalue weighted by molar-refractivity contribution is 5.52. The molecular formula is C14H21NO3. The second kappa shape index (κ2) is 4.78. The van der Waals surface area contributed by atoms with E-state index in [-0.39, 0.29) is 6.10 Å². The maximum Gasteiger partial charge on any atom is 0.163 e. The predicted molar refractivity (Wildman–Crippen MR) is 70.7 cm³/mol. The molecule has 0 saturated carbocycles. The second-order valence-electron chi connectivity index (χ2n) is 5.25. The fourth-order valence-corrected chi connectivity index (χ4v) is 2.23. The van der Waals surface area contributed by atoms with E-state index >= 15 is 0 Å². The number of benzene rings is 1. The highest BCUT2D eigenvalue weighted by Gasteiger charge is 2.33. The van der Waals surface area contributed by atoms with Gasteiger partial charge in [0.25, 0.3) is 0 Å². The molecule has 0 amide bonds. The molecule has 0 aromatic heterocycles. The first-order chi connectivity index (χ1) is 8.37. The van der Waals surface area contributed by atoms with Crippen LogP contribution in [-0.2, 0) is 9.47 Å². The first kappa shape index (κ1) is 13.2. The lowest BCUT2D eigenvalue weighted by Crippen LogP contribution is -2.25. The summed E-state index contributed by atoms with van der Waals surface area (Å²) < 4.78 is 17.0. The average molecular weight is 251 g/mol. The van der Waals surface area contributed by atoms with Crippen molar-refractivity contribution < 1.29 is 14.2 Å². The molecule has 1 aliphatic heterocycles. The number of ether oxygens (including phenoxy) is 3. The van der Waals surface area contributed by atoms with Crippen LogP contribution in [0.4, 0.5) is 5.69 Å². The molecule has 4 nitrogen and oxygen atoms in total. The van der Waals surface area contributed by atoms with E-state index in [2.05, 4.69) is 0 Å². The molecule has 0 bridgehead atoms. The minimum atomic E-state index is -0.501. The summed E-state index contributed by atoms with van der Waals surface area (Å²) in [6, 6.07) is 3.83. The van der Waals surface area contributed by atoms with E-state index in [0.717, 1.165) is 22.6 Å². The van der Waals surface area contributed by atoms with Crippen LogP contribution < -0.4 is 10.5 Å². The highest BCUT2D eigenvalue weighted by atomic mass is 16.7. The molecule has 0 aliphatic carbocycles. The van der Waals surface area contributed by atoms with Crippen LogP contribution in [0.3, 0.4) is 0 Å². The van der Waals surface area contributed by atoms with Gasteiger partial charge < -0.3 is 19.9 Å². The van der Waals surface area contributed by atoms with Gasteiger partial charge in [0, 0.05) is 5.69 Å².